The number of imidazole rings is 1. The van der Waals surface area contributed by atoms with E-state index in [-0.39, 0.29) is 16.2 Å². The quantitative estimate of drug-likeness (QED) is 0.251. The van der Waals surface area contributed by atoms with Gasteiger partial charge in [-0.2, -0.15) is 0 Å². The molecule has 5 aromatic rings. The number of rotatable bonds is 0. The predicted molar refractivity (Wildman–Crippen MR) is 128 cm³/mol. The van der Waals surface area contributed by atoms with Gasteiger partial charge in [0, 0.05) is 10.8 Å². The number of para-hydroxylation sites is 1. The maximum absolute atomic E-state index is 5.20. The van der Waals surface area contributed by atoms with Gasteiger partial charge < -0.3 is 0 Å². The lowest BCUT2D eigenvalue weighted by Crippen LogP contribution is -2.42. The molecule has 2 aromatic heterocycles. The molecule has 0 spiro atoms. The number of hydrogen-bond donors (Lipinski definition) is 0. The topological polar surface area (TPSA) is 17.3 Å². The zero-order valence-electron chi connectivity index (χ0n) is 18.7. The summed E-state index contributed by atoms with van der Waals surface area (Å²) in [6.07, 6.45) is 0. The predicted octanol–water partition coefficient (Wildman–Crippen LogP) is 7.39. The van der Waals surface area contributed by atoms with Gasteiger partial charge in [0.1, 0.15) is 5.65 Å². The van der Waals surface area contributed by atoms with E-state index >= 15 is 0 Å². The van der Waals surface area contributed by atoms with Gasteiger partial charge in [-0.3, -0.25) is 4.40 Å². The van der Waals surface area contributed by atoms with E-state index in [2.05, 4.69) is 107 Å². The van der Waals surface area contributed by atoms with E-state index in [0.29, 0.717) is 0 Å². The average Bonchev–Trinajstić information content (AvgIpc) is 3.15. The van der Waals surface area contributed by atoms with Crippen molar-refractivity contribution in [3.63, 3.8) is 0 Å². The zero-order valence-corrected chi connectivity index (χ0v) is 18.7. The van der Waals surface area contributed by atoms with Crippen LogP contribution in [0.1, 0.15) is 52.7 Å². The second kappa shape index (κ2) is 5.24. The number of nitrogens with zero attached hydrogens (tertiary/aromatic N) is 2. The summed E-state index contributed by atoms with van der Waals surface area (Å²) >= 11 is 0. The summed E-state index contributed by atoms with van der Waals surface area (Å²) in [5.41, 5.74) is 7.81. The molecule has 1 aliphatic rings. The first-order valence-corrected chi connectivity index (χ1v) is 10.9. The maximum atomic E-state index is 5.20. The van der Waals surface area contributed by atoms with Crippen molar-refractivity contribution < 1.29 is 0 Å². The lowest BCUT2D eigenvalue weighted by molar-refractivity contribution is 0.125. The van der Waals surface area contributed by atoms with Crippen molar-refractivity contribution in [2.24, 2.45) is 5.41 Å². The first-order valence-electron chi connectivity index (χ1n) is 10.9. The van der Waals surface area contributed by atoms with Crippen LogP contribution in [-0.4, -0.2) is 9.38 Å². The molecule has 0 atom stereocenters. The molecular weight excluding hydrogens is 364 g/mol. The van der Waals surface area contributed by atoms with Gasteiger partial charge in [0.05, 0.1) is 16.6 Å². The Kier molecular flexibility index (Phi) is 3.13. The van der Waals surface area contributed by atoms with Crippen LogP contribution in [0.3, 0.4) is 0 Å². The average molecular weight is 393 g/mol. The first-order chi connectivity index (χ1) is 14.2. The van der Waals surface area contributed by atoms with Gasteiger partial charge in [0.25, 0.3) is 0 Å². The molecular formula is C28H28N2. The van der Waals surface area contributed by atoms with Crippen LogP contribution in [0, 0.1) is 5.41 Å². The summed E-state index contributed by atoms with van der Waals surface area (Å²) in [6.45, 7) is 14.4. The van der Waals surface area contributed by atoms with Crippen LogP contribution in [0.2, 0.25) is 0 Å². The Labute approximate surface area is 177 Å². The van der Waals surface area contributed by atoms with Crippen LogP contribution in [0.15, 0.2) is 60.7 Å². The summed E-state index contributed by atoms with van der Waals surface area (Å²) in [4.78, 5) is 5.20. The minimum atomic E-state index is 0.0802. The fraction of sp³-hybridized carbons (Fsp3) is 0.321. The van der Waals surface area contributed by atoms with Crippen LogP contribution < -0.4 is 0 Å². The molecule has 30 heavy (non-hydrogen) atoms. The molecule has 0 fully saturated rings. The molecule has 150 valence electrons. The van der Waals surface area contributed by atoms with Gasteiger partial charge in [0.15, 0.2) is 0 Å². The van der Waals surface area contributed by atoms with E-state index in [1.165, 1.54) is 38.3 Å². The van der Waals surface area contributed by atoms with E-state index < -0.39 is 0 Å². The molecule has 2 heteroatoms. The van der Waals surface area contributed by atoms with E-state index in [4.69, 9.17) is 4.98 Å². The number of aromatic nitrogens is 2. The van der Waals surface area contributed by atoms with Crippen LogP contribution in [0.4, 0.5) is 0 Å². The highest BCUT2D eigenvalue weighted by atomic mass is 15.0. The van der Waals surface area contributed by atoms with Gasteiger partial charge in [-0.05, 0) is 51.0 Å². The third-order valence-corrected chi connectivity index (χ3v) is 8.87. The zero-order chi connectivity index (χ0) is 21.1. The summed E-state index contributed by atoms with van der Waals surface area (Å²) in [6, 6.07) is 22.2. The largest absolute Gasteiger partial charge is 0.292 e. The minimum absolute atomic E-state index is 0.0802. The minimum Gasteiger partial charge on any atom is -0.292 e. The van der Waals surface area contributed by atoms with E-state index in [1.807, 2.05) is 0 Å². The summed E-state index contributed by atoms with van der Waals surface area (Å²) < 4.78 is 2.38. The molecule has 0 saturated heterocycles. The SMILES string of the molecule is CC1(C)c2cc3nc4c5ccccc5c5ccccc5n4c3cc2C(C)(C)C1(C)C. The van der Waals surface area contributed by atoms with E-state index in [0.717, 1.165) is 11.2 Å². The van der Waals surface area contributed by atoms with Crippen molar-refractivity contribution >= 4 is 38.4 Å². The molecule has 0 amide bonds. The molecule has 0 aliphatic heterocycles. The number of fused-ring (bicyclic) bond motifs is 9. The Balaban J connectivity index is 1.86. The van der Waals surface area contributed by atoms with Gasteiger partial charge in [-0.15, -0.1) is 0 Å². The first kappa shape index (κ1) is 17.9. The Morgan fingerprint density at radius 2 is 1.20 bits per heavy atom. The van der Waals surface area contributed by atoms with Crippen LogP contribution >= 0.6 is 0 Å². The second-order valence-corrected chi connectivity index (χ2v) is 10.6. The van der Waals surface area contributed by atoms with Gasteiger partial charge in [-0.1, -0.05) is 84.0 Å². The van der Waals surface area contributed by atoms with Crippen molar-refractivity contribution in [2.75, 3.05) is 0 Å². The van der Waals surface area contributed by atoms with Gasteiger partial charge >= 0.3 is 0 Å². The molecule has 2 nitrogen and oxygen atoms in total. The molecule has 3 aromatic carbocycles. The van der Waals surface area contributed by atoms with Crippen molar-refractivity contribution in [1.82, 2.24) is 9.38 Å². The standard InChI is InChI=1S/C28H28N2/c1-26(2)20-15-22-24(16-21(20)27(3,4)28(26,5)6)30-23-14-10-9-12-18(23)17-11-7-8-13-19(17)25(30)29-22/h7-16H,1-6H3. The van der Waals surface area contributed by atoms with E-state index in [1.54, 1.807) is 0 Å². The summed E-state index contributed by atoms with van der Waals surface area (Å²) in [5.74, 6) is 0. The Morgan fingerprint density at radius 1 is 0.633 bits per heavy atom. The summed E-state index contributed by atoms with van der Waals surface area (Å²) in [5, 5.41) is 3.76. The molecule has 0 unspecified atom stereocenters. The number of hydrogen-bond acceptors (Lipinski definition) is 1. The lowest BCUT2D eigenvalue weighted by atomic mass is 9.59. The third-order valence-electron chi connectivity index (χ3n) is 8.87. The highest BCUT2D eigenvalue weighted by Crippen LogP contribution is 2.62. The fourth-order valence-corrected chi connectivity index (χ4v) is 5.85. The second-order valence-electron chi connectivity index (χ2n) is 10.6. The normalized spacial score (nSPS) is 19.1. The molecule has 0 bridgehead atoms. The number of pyridine rings is 1. The Morgan fingerprint density at radius 3 is 1.90 bits per heavy atom. The van der Waals surface area contributed by atoms with Gasteiger partial charge in [0.2, 0.25) is 0 Å². The monoisotopic (exact) mass is 392 g/mol. The molecule has 2 heterocycles. The van der Waals surface area contributed by atoms with Crippen molar-refractivity contribution in [3.8, 4) is 0 Å². The molecule has 0 N–H and O–H groups in total. The van der Waals surface area contributed by atoms with Crippen molar-refractivity contribution in [2.45, 2.75) is 52.4 Å². The third kappa shape index (κ3) is 1.84. The molecule has 6 rings (SSSR count). The van der Waals surface area contributed by atoms with Gasteiger partial charge in [-0.25, -0.2) is 4.98 Å². The van der Waals surface area contributed by atoms with E-state index in [9.17, 15) is 0 Å². The van der Waals surface area contributed by atoms with Crippen LogP contribution in [0.5, 0.6) is 0 Å². The molecule has 1 aliphatic carbocycles. The highest BCUT2D eigenvalue weighted by molar-refractivity contribution is 6.13. The van der Waals surface area contributed by atoms with Crippen molar-refractivity contribution in [1.29, 1.82) is 0 Å². The highest BCUT2D eigenvalue weighted by Gasteiger charge is 2.56. The Bertz CT molecular complexity index is 1510. The maximum Gasteiger partial charge on any atom is 0.146 e. The van der Waals surface area contributed by atoms with Crippen LogP contribution in [-0.2, 0) is 10.8 Å². The lowest BCUT2D eigenvalue weighted by Gasteiger charge is -2.44. The molecule has 0 radical (unpaired) electrons. The smallest absolute Gasteiger partial charge is 0.146 e. The summed E-state index contributed by atoms with van der Waals surface area (Å²) in [7, 11) is 0. The fourth-order valence-electron chi connectivity index (χ4n) is 5.85. The van der Waals surface area contributed by atoms with Crippen LogP contribution in [0.25, 0.3) is 38.4 Å². The number of benzene rings is 3. The molecule has 0 saturated carbocycles. The van der Waals surface area contributed by atoms with Crippen molar-refractivity contribution in [3.05, 3.63) is 71.8 Å². The Hall–Kier alpha value is -2.87.